The molecule has 0 atom stereocenters. The summed E-state index contributed by atoms with van der Waals surface area (Å²) in [4.78, 5) is 43.4. The molecule has 9 heteroatoms. The van der Waals surface area contributed by atoms with Crippen LogP contribution < -0.4 is 15.9 Å². The van der Waals surface area contributed by atoms with Gasteiger partial charge in [0.2, 0.25) is 5.91 Å². The first-order valence-electron chi connectivity index (χ1n) is 10.3. The number of benzene rings is 1. The number of thioether (sulfide) groups is 1. The Morgan fingerprint density at radius 2 is 2.09 bits per heavy atom. The van der Waals surface area contributed by atoms with Crippen LogP contribution >= 0.6 is 23.1 Å². The predicted molar refractivity (Wildman–Crippen MR) is 127 cm³/mol. The standard InChI is InChI=1S/C23H23N3O4S2/c1-3-12-26-21(28)19-15-9-5-7-11-17(15)32-20(19)25-23(26)31-13-18(27)24-16-10-6-4-8-14(16)22(29)30-2/h3-4,6,8,10H,1,5,7,9,11-13H2,2H3,(H,24,27)/p+1. The third-order valence-electron chi connectivity index (χ3n) is 5.35. The maximum atomic E-state index is 13.3. The van der Waals surface area contributed by atoms with Gasteiger partial charge in [-0.05, 0) is 55.1 Å². The molecule has 2 N–H and O–H groups in total. The molecule has 0 saturated carbocycles. The number of nitrogens with one attached hydrogen (secondary N) is 2. The summed E-state index contributed by atoms with van der Waals surface area (Å²) in [5.41, 5.74) is 1.80. The molecule has 166 valence electrons. The fourth-order valence-corrected chi connectivity index (χ4v) is 6.05. The molecule has 0 bridgehead atoms. The van der Waals surface area contributed by atoms with E-state index in [0.29, 0.717) is 17.4 Å². The van der Waals surface area contributed by atoms with Crippen LogP contribution in [0, 0.1) is 0 Å². The lowest BCUT2D eigenvalue weighted by atomic mass is 9.97. The molecule has 1 aliphatic carbocycles. The number of rotatable bonds is 7. The number of thiophene rings is 1. The minimum absolute atomic E-state index is 0.0444. The van der Waals surface area contributed by atoms with Gasteiger partial charge in [0.1, 0.15) is 11.9 Å². The van der Waals surface area contributed by atoms with E-state index in [1.165, 1.54) is 29.3 Å². The number of carbonyl (C=O) groups is 2. The topological polar surface area (TPSA) is 91.5 Å². The van der Waals surface area contributed by atoms with Gasteiger partial charge >= 0.3 is 16.7 Å². The maximum Gasteiger partial charge on any atom is 0.347 e. The van der Waals surface area contributed by atoms with Gasteiger partial charge in [-0.25, -0.2) is 14.6 Å². The van der Waals surface area contributed by atoms with Crippen LogP contribution in [0.3, 0.4) is 0 Å². The molecule has 1 aromatic carbocycles. The van der Waals surface area contributed by atoms with Gasteiger partial charge in [0, 0.05) is 4.88 Å². The second-order valence-electron chi connectivity index (χ2n) is 7.42. The smallest absolute Gasteiger partial charge is 0.347 e. The van der Waals surface area contributed by atoms with Gasteiger partial charge in [0.05, 0.1) is 24.1 Å². The summed E-state index contributed by atoms with van der Waals surface area (Å²) in [5, 5.41) is 4.14. The van der Waals surface area contributed by atoms with Crippen molar-refractivity contribution in [1.82, 2.24) is 4.57 Å². The van der Waals surface area contributed by atoms with Crippen molar-refractivity contribution < 1.29 is 19.3 Å². The summed E-state index contributed by atoms with van der Waals surface area (Å²) in [5.74, 6) is -0.740. The second kappa shape index (κ2) is 9.70. The first kappa shape index (κ1) is 22.3. The molecule has 0 radical (unpaired) electrons. The molecule has 0 unspecified atom stereocenters. The number of ether oxygens (including phenoxy) is 1. The Labute approximate surface area is 193 Å². The third-order valence-corrected chi connectivity index (χ3v) is 7.56. The van der Waals surface area contributed by atoms with E-state index in [4.69, 9.17) is 4.74 Å². The number of nitrogens with zero attached hydrogens (tertiary/aromatic N) is 1. The van der Waals surface area contributed by atoms with E-state index in [9.17, 15) is 14.4 Å². The Hall–Kier alpha value is -2.91. The SMILES string of the molecule is C=CCn1c(SCC(=O)Nc2ccccc2C(=O)OC)[nH+]c2sc3c(c2c1=O)CCCC3. The lowest BCUT2D eigenvalue weighted by molar-refractivity contribution is -0.404. The number of aromatic amines is 1. The number of allylic oxidation sites excluding steroid dienone is 1. The Morgan fingerprint density at radius 1 is 1.31 bits per heavy atom. The van der Waals surface area contributed by atoms with Crippen molar-refractivity contribution in [1.29, 1.82) is 0 Å². The average Bonchev–Trinajstić information content (AvgIpc) is 3.18. The fraction of sp³-hybridized carbons (Fsp3) is 0.304. The van der Waals surface area contributed by atoms with Gasteiger partial charge in [0.15, 0.2) is 4.83 Å². The molecule has 1 aliphatic rings. The number of carbonyl (C=O) groups excluding carboxylic acids is 2. The molecular weight excluding hydrogens is 446 g/mol. The van der Waals surface area contributed by atoms with Gasteiger partial charge in [-0.15, -0.1) is 0 Å². The largest absolute Gasteiger partial charge is 0.465 e. The van der Waals surface area contributed by atoms with E-state index in [1.807, 2.05) is 0 Å². The monoisotopic (exact) mass is 470 g/mol. The number of fused-ring (bicyclic) bond motifs is 3. The highest BCUT2D eigenvalue weighted by Gasteiger charge is 2.26. The van der Waals surface area contributed by atoms with Crippen molar-refractivity contribution in [2.75, 3.05) is 18.2 Å². The van der Waals surface area contributed by atoms with Crippen molar-refractivity contribution >= 4 is 50.9 Å². The maximum absolute atomic E-state index is 13.3. The number of aryl methyl sites for hydroxylation is 2. The van der Waals surface area contributed by atoms with Crippen LogP contribution in [-0.4, -0.2) is 29.3 Å². The zero-order valence-electron chi connectivity index (χ0n) is 17.7. The lowest BCUT2D eigenvalue weighted by Crippen LogP contribution is -2.30. The van der Waals surface area contributed by atoms with Crippen LogP contribution in [0.5, 0.6) is 0 Å². The minimum atomic E-state index is -0.520. The highest BCUT2D eigenvalue weighted by molar-refractivity contribution is 7.99. The van der Waals surface area contributed by atoms with Gasteiger partial charge in [0.25, 0.3) is 0 Å². The number of amides is 1. The Morgan fingerprint density at radius 3 is 2.88 bits per heavy atom. The Bertz CT molecular complexity index is 1260. The number of esters is 1. The molecule has 0 saturated heterocycles. The van der Waals surface area contributed by atoms with Crippen molar-refractivity contribution in [3.63, 3.8) is 0 Å². The van der Waals surface area contributed by atoms with Crippen LogP contribution in [0.2, 0.25) is 0 Å². The van der Waals surface area contributed by atoms with Gasteiger partial charge in [-0.2, -0.15) is 4.57 Å². The first-order chi connectivity index (χ1) is 15.5. The van der Waals surface area contributed by atoms with Crippen LogP contribution in [-0.2, 0) is 28.9 Å². The zero-order valence-corrected chi connectivity index (χ0v) is 19.4. The first-order valence-corrected chi connectivity index (χ1v) is 12.1. The van der Waals surface area contributed by atoms with E-state index < -0.39 is 5.97 Å². The van der Waals surface area contributed by atoms with Crippen LogP contribution in [0.15, 0.2) is 46.9 Å². The summed E-state index contributed by atoms with van der Waals surface area (Å²) in [7, 11) is 1.30. The number of methoxy groups -OCH3 is 1. The van der Waals surface area contributed by atoms with E-state index >= 15 is 0 Å². The second-order valence-corrected chi connectivity index (χ2v) is 9.49. The van der Waals surface area contributed by atoms with E-state index in [2.05, 4.69) is 16.9 Å². The highest BCUT2D eigenvalue weighted by atomic mass is 32.2. The fourth-order valence-electron chi connectivity index (χ4n) is 3.88. The summed E-state index contributed by atoms with van der Waals surface area (Å²) >= 11 is 2.89. The predicted octanol–water partition coefficient (Wildman–Crippen LogP) is 3.46. The molecule has 2 aromatic heterocycles. The molecule has 7 nitrogen and oxygen atoms in total. The summed E-state index contributed by atoms with van der Waals surface area (Å²) < 4.78 is 6.41. The molecule has 0 aliphatic heterocycles. The average molecular weight is 471 g/mol. The van der Waals surface area contributed by atoms with Gasteiger partial charge < -0.3 is 10.1 Å². The van der Waals surface area contributed by atoms with E-state index in [-0.39, 0.29) is 22.8 Å². The third kappa shape index (κ3) is 4.35. The van der Waals surface area contributed by atoms with E-state index in [1.54, 1.807) is 46.2 Å². The van der Waals surface area contributed by atoms with Gasteiger partial charge in [-0.1, -0.05) is 36.1 Å². The molecular formula is C23H24N3O4S2+. The molecule has 32 heavy (non-hydrogen) atoms. The van der Waals surface area contributed by atoms with Crippen LogP contribution in [0.25, 0.3) is 10.2 Å². The number of aromatic nitrogens is 2. The number of hydrogen-bond acceptors (Lipinski definition) is 6. The molecule has 4 rings (SSSR count). The van der Waals surface area contributed by atoms with Crippen molar-refractivity contribution in [2.45, 2.75) is 37.4 Å². The number of hydrogen-bond donors (Lipinski definition) is 1. The van der Waals surface area contributed by atoms with Crippen molar-refractivity contribution in [3.8, 4) is 0 Å². The van der Waals surface area contributed by atoms with Crippen molar-refractivity contribution in [3.05, 3.63) is 63.3 Å². The molecule has 0 fully saturated rings. The molecule has 0 spiro atoms. The minimum Gasteiger partial charge on any atom is -0.465 e. The molecule has 3 aromatic rings. The van der Waals surface area contributed by atoms with E-state index in [0.717, 1.165) is 35.9 Å². The Kier molecular flexibility index (Phi) is 6.76. The summed E-state index contributed by atoms with van der Waals surface area (Å²) in [6, 6.07) is 6.68. The zero-order chi connectivity index (χ0) is 22.7. The normalized spacial score (nSPS) is 12.9. The number of para-hydroxylation sites is 1. The van der Waals surface area contributed by atoms with Crippen LogP contribution in [0.1, 0.15) is 33.6 Å². The molecule has 1 amide bonds. The highest BCUT2D eigenvalue weighted by Crippen LogP contribution is 2.33. The van der Waals surface area contributed by atoms with Crippen LogP contribution in [0.4, 0.5) is 5.69 Å². The van der Waals surface area contributed by atoms with Crippen molar-refractivity contribution in [2.24, 2.45) is 0 Å². The Balaban J connectivity index is 1.59. The lowest BCUT2D eigenvalue weighted by Gasteiger charge is -2.10. The van der Waals surface area contributed by atoms with Gasteiger partial charge in [-0.3, -0.25) is 4.79 Å². The number of anilines is 1. The summed E-state index contributed by atoms with van der Waals surface area (Å²) in [6.07, 6.45) is 5.87. The number of H-pyrrole nitrogens is 1. The quantitative estimate of drug-likeness (QED) is 0.247. The molecule has 2 heterocycles. The summed E-state index contributed by atoms with van der Waals surface area (Å²) in [6.45, 7) is 4.13.